The largest absolute Gasteiger partial charge is 0.393 e. The average Bonchev–Trinajstić information content (AvgIpc) is 3.12. The van der Waals surface area contributed by atoms with Crippen LogP contribution < -0.4 is 0 Å². The molecule has 4 aliphatic rings. The van der Waals surface area contributed by atoms with Gasteiger partial charge < -0.3 is 14.9 Å². The second-order valence-electron chi connectivity index (χ2n) is 11.4. The third kappa shape index (κ3) is 4.23. The van der Waals surface area contributed by atoms with Crippen molar-refractivity contribution in [2.75, 3.05) is 0 Å². The Balaban J connectivity index is 1.45. The topological polar surface area (TPSA) is 53.0 Å². The van der Waals surface area contributed by atoms with Crippen LogP contribution in [0.1, 0.15) is 85.5 Å². The molecule has 1 unspecified atom stereocenters. The molecule has 168 valence electrons. The van der Waals surface area contributed by atoms with Crippen molar-refractivity contribution < 1.29 is 14.9 Å². The van der Waals surface area contributed by atoms with Gasteiger partial charge in [-0.25, -0.2) is 0 Å². The summed E-state index contributed by atoms with van der Waals surface area (Å²) in [5.74, 6) is 2.23. The van der Waals surface area contributed by atoms with Crippen LogP contribution in [0.2, 0.25) is 0 Å². The minimum Gasteiger partial charge on any atom is -0.393 e. The molecule has 2 N–H and O–H groups in total. The van der Waals surface area contributed by atoms with Crippen molar-refractivity contribution in [2.24, 2.45) is 23.2 Å². The molecule has 0 spiro atoms. The Kier molecular flexibility index (Phi) is 6.11. The number of fused-ring (bicyclic) bond motifs is 1. The van der Waals surface area contributed by atoms with Gasteiger partial charge >= 0.3 is 0 Å². The number of ether oxygens (including phenoxy) is 1. The molecule has 4 rings (SSSR count). The molecule has 4 fully saturated rings. The van der Waals surface area contributed by atoms with Crippen LogP contribution in [0.5, 0.6) is 0 Å². The van der Waals surface area contributed by atoms with Gasteiger partial charge in [0.15, 0.2) is 0 Å². The summed E-state index contributed by atoms with van der Waals surface area (Å²) in [5, 5.41) is 20.2. The summed E-state index contributed by atoms with van der Waals surface area (Å²) in [7, 11) is 0. The maximum absolute atomic E-state index is 10.1. The van der Waals surface area contributed by atoms with Crippen molar-refractivity contribution in [3.05, 3.63) is 35.5 Å². The smallest absolute Gasteiger partial charge is 0.0892 e. The van der Waals surface area contributed by atoms with Gasteiger partial charge in [-0.3, -0.25) is 0 Å². The molecule has 0 bridgehead atoms. The molecule has 30 heavy (non-hydrogen) atoms. The molecule has 1 heterocycles. The molecule has 1 aliphatic heterocycles. The van der Waals surface area contributed by atoms with Crippen molar-refractivity contribution >= 4 is 0 Å². The van der Waals surface area contributed by atoms with Gasteiger partial charge in [0.25, 0.3) is 0 Å². The van der Waals surface area contributed by atoms with E-state index in [0.717, 1.165) is 23.0 Å². The summed E-state index contributed by atoms with van der Waals surface area (Å²) in [5.41, 5.74) is 3.92. The maximum Gasteiger partial charge on any atom is 0.0892 e. The van der Waals surface area contributed by atoms with E-state index in [2.05, 4.69) is 46.4 Å². The van der Waals surface area contributed by atoms with Crippen molar-refractivity contribution in [3.63, 3.8) is 0 Å². The highest BCUT2D eigenvalue weighted by Gasteiger charge is 2.52. The SMILES string of the molecule is C=C1/C(=C\C=C2/CCC[C@]3(C)[C@@H]([C@H](C)CCC4OC4(C)C)CC[C@@H]23)C[C@@H](O)C[C@@H]1O. The number of aliphatic hydroxyl groups excluding tert-OH is 2. The van der Waals surface area contributed by atoms with E-state index in [1.165, 1.54) is 44.9 Å². The molecule has 0 amide bonds. The minimum atomic E-state index is -0.604. The highest BCUT2D eigenvalue weighted by molar-refractivity contribution is 5.38. The molecule has 3 heteroatoms. The third-order valence-corrected chi connectivity index (χ3v) is 9.04. The average molecular weight is 415 g/mol. The fourth-order valence-electron chi connectivity index (χ4n) is 7.03. The minimum absolute atomic E-state index is 0.111. The van der Waals surface area contributed by atoms with E-state index < -0.39 is 12.2 Å². The predicted molar refractivity (Wildman–Crippen MR) is 122 cm³/mol. The molecule has 0 aromatic rings. The molecular formula is C27H42O3. The van der Waals surface area contributed by atoms with Crippen molar-refractivity contribution in [1.82, 2.24) is 0 Å². The van der Waals surface area contributed by atoms with Crippen LogP contribution in [-0.2, 0) is 4.74 Å². The first-order valence-corrected chi connectivity index (χ1v) is 12.2. The number of allylic oxidation sites excluding steroid dienone is 3. The van der Waals surface area contributed by atoms with Crippen molar-refractivity contribution in [2.45, 2.75) is 109 Å². The number of rotatable bonds is 5. The van der Waals surface area contributed by atoms with Gasteiger partial charge in [-0.15, -0.1) is 0 Å². The van der Waals surface area contributed by atoms with Crippen LogP contribution in [0.4, 0.5) is 0 Å². The number of hydrogen-bond acceptors (Lipinski definition) is 3. The van der Waals surface area contributed by atoms with Crippen LogP contribution in [-0.4, -0.2) is 34.1 Å². The van der Waals surface area contributed by atoms with Crippen LogP contribution in [0, 0.1) is 23.2 Å². The summed E-state index contributed by atoms with van der Waals surface area (Å²) in [6.07, 6.45) is 13.8. The Morgan fingerprint density at radius 3 is 2.63 bits per heavy atom. The van der Waals surface area contributed by atoms with Crippen LogP contribution >= 0.6 is 0 Å². The van der Waals surface area contributed by atoms with Gasteiger partial charge in [0.1, 0.15) is 0 Å². The molecule has 3 nitrogen and oxygen atoms in total. The van der Waals surface area contributed by atoms with E-state index in [-0.39, 0.29) is 5.60 Å². The first kappa shape index (κ1) is 22.3. The number of hydrogen-bond donors (Lipinski definition) is 2. The van der Waals surface area contributed by atoms with Crippen LogP contribution in [0.25, 0.3) is 0 Å². The van der Waals surface area contributed by atoms with Gasteiger partial charge in [0, 0.05) is 6.42 Å². The molecule has 0 radical (unpaired) electrons. The standard InChI is InChI=1S/C27H42O3/c1-17(8-13-25-26(3,4)30-25)22-11-12-23-19(7-6-14-27(22,23)5)9-10-20-15-21(28)16-24(29)18(20)2/h9-10,17,21-25,28-29H,2,6-8,11-16H2,1,3-5H3/b19-9+,20-10-/t17-,21-,22-,23+,24+,25?,27-/m1/s1. The van der Waals surface area contributed by atoms with Gasteiger partial charge in [-0.05, 0) is 99.5 Å². The lowest BCUT2D eigenvalue weighted by molar-refractivity contribution is 0.0861. The quantitative estimate of drug-likeness (QED) is 0.566. The molecular weight excluding hydrogens is 372 g/mol. The number of aliphatic hydroxyl groups is 2. The molecule has 1 saturated heterocycles. The highest BCUT2D eigenvalue weighted by atomic mass is 16.6. The lowest BCUT2D eigenvalue weighted by Crippen LogP contribution is -2.36. The first-order valence-electron chi connectivity index (χ1n) is 12.2. The highest BCUT2D eigenvalue weighted by Crippen LogP contribution is 2.60. The zero-order valence-corrected chi connectivity index (χ0v) is 19.5. The van der Waals surface area contributed by atoms with Crippen LogP contribution in [0.3, 0.4) is 0 Å². The lowest BCUT2D eigenvalue weighted by atomic mass is 9.60. The van der Waals surface area contributed by atoms with Crippen molar-refractivity contribution in [3.8, 4) is 0 Å². The summed E-state index contributed by atoms with van der Waals surface area (Å²) in [4.78, 5) is 0. The monoisotopic (exact) mass is 414 g/mol. The fourth-order valence-corrected chi connectivity index (χ4v) is 7.03. The third-order valence-electron chi connectivity index (χ3n) is 9.04. The summed E-state index contributed by atoms with van der Waals surface area (Å²) in [6.45, 7) is 13.5. The van der Waals surface area contributed by atoms with Gasteiger partial charge in [0.05, 0.1) is 23.9 Å². The van der Waals surface area contributed by atoms with E-state index in [4.69, 9.17) is 4.74 Å². The first-order chi connectivity index (χ1) is 14.1. The van der Waals surface area contributed by atoms with E-state index in [1.54, 1.807) is 5.57 Å². The molecule has 3 saturated carbocycles. The Labute approximate surface area is 183 Å². The summed E-state index contributed by atoms with van der Waals surface area (Å²) < 4.78 is 5.82. The predicted octanol–water partition coefficient (Wildman–Crippen LogP) is 5.72. The molecule has 0 aromatic carbocycles. The number of epoxide rings is 1. The second-order valence-corrected chi connectivity index (χ2v) is 11.4. The van der Waals surface area contributed by atoms with Gasteiger partial charge in [0.2, 0.25) is 0 Å². The Morgan fingerprint density at radius 1 is 1.20 bits per heavy atom. The van der Waals surface area contributed by atoms with Gasteiger partial charge in [-0.2, -0.15) is 0 Å². The zero-order valence-electron chi connectivity index (χ0n) is 19.5. The Bertz CT molecular complexity index is 732. The molecule has 7 atom stereocenters. The fraction of sp³-hybridized carbons (Fsp3) is 0.778. The lowest BCUT2D eigenvalue weighted by Gasteiger charge is -2.44. The zero-order chi connectivity index (χ0) is 21.7. The van der Waals surface area contributed by atoms with E-state index in [0.29, 0.717) is 30.3 Å². The Morgan fingerprint density at radius 2 is 1.93 bits per heavy atom. The van der Waals surface area contributed by atoms with E-state index >= 15 is 0 Å². The summed E-state index contributed by atoms with van der Waals surface area (Å²) >= 11 is 0. The van der Waals surface area contributed by atoms with E-state index in [9.17, 15) is 10.2 Å². The second kappa shape index (κ2) is 8.22. The van der Waals surface area contributed by atoms with E-state index in [1.807, 2.05) is 0 Å². The molecule has 0 aromatic heterocycles. The van der Waals surface area contributed by atoms with Crippen LogP contribution in [0.15, 0.2) is 35.5 Å². The maximum atomic E-state index is 10.1. The normalized spacial score (nSPS) is 44.3. The molecule has 3 aliphatic carbocycles. The van der Waals surface area contributed by atoms with Gasteiger partial charge in [-0.1, -0.05) is 38.2 Å². The van der Waals surface area contributed by atoms with Crippen molar-refractivity contribution in [1.29, 1.82) is 0 Å². The summed E-state index contributed by atoms with van der Waals surface area (Å²) in [6, 6.07) is 0. The Hall–Kier alpha value is -0.900.